The normalized spacial score (nSPS) is 10.4. The molecule has 0 aromatic heterocycles. The topological polar surface area (TPSA) is 17.1 Å². The summed E-state index contributed by atoms with van der Waals surface area (Å²) in [5, 5.41) is 0.626. The predicted octanol–water partition coefficient (Wildman–Crippen LogP) is 4.60. The number of carbonyl (C=O) groups is 1. The molecule has 0 N–H and O–H groups in total. The molecule has 0 spiro atoms. The summed E-state index contributed by atoms with van der Waals surface area (Å²) in [6, 6.07) is 13.0. The van der Waals surface area contributed by atoms with Crippen molar-refractivity contribution >= 4 is 29.1 Å². The van der Waals surface area contributed by atoms with E-state index in [9.17, 15) is 4.79 Å². The van der Waals surface area contributed by atoms with E-state index in [0.717, 1.165) is 10.5 Å². The maximum Gasteiger partial charge on any atom is 0.193 e. The molecule has 0 aliphatic heterocycles. The van der Waals surface area contributed by atoms with Gasteiger partial charge in [-0.2, -0.15) is 0 Å². The molecule has 2 rings (SSSR count). The summed E-state index contributed by atoms with van der Waals surface area (Å²) in [6.45, 7) is 1.87. The van der Waals surface area contributed by atoms with E-state index in [0.29, 0.717) is 16.1 Å². The Hall–Kier alpha value is -1.25. The third-order valence-corrected chi connectivity index (χ3v) is 4.02. The van der Waals surface area contributed by atoms with Gasteiger partial charge >= 0.3 is 0 Å². The number of hydrogen-bond donors (Lipinski definition) is 0. The number of benzene rings is 2. The standard InChI is InChI=1S/C15H13ClOS/c1-10-13(4-3-5-14(10)16)15(17)11-6-8-12(18-2)9-7-11/h3-9H,1-2H3. The highest BCUT2D eigenvalue weighted by atomic mass is 35.5. The highest BCUT2D eigenvalue weighted by molar-refractivity contribution is 7.98. The predicted molar refractivity (Wildman–Crippen MR) is 77.8 cm³/mol. The Bertz CT molecular complexity index is 576. The minimum absolute atomic E-state index is 0.0163. The van der Waals surface area contributed by atoms with Gasteiger partial charge in [0.05, 0.1) is 0 Å². The monoisotopic (exact) mass is 276 g/mol. The molecule has 0 saturated heterocycles. The van der Waals surface area contributed by atoms with E-state index in [2.05, 4.69) is 0 Å². The molecule has 0 saturated carbocycles. The summed E-state index contributed by atoms with van der Waals surface area (Å²) in [4.78, 5) is 13.5. The van der Waals surface area contributed by atoms with Crippen LogP contribution < -0.4 is 0 Å². The number of hydrogen-bond acceptors (Lipinski definition) is 2. The van der Waals surface area contributed by atoms with Crippen LogP contribution >= 0.6 is 23.4 Å². The van der Waals surface area contributed by atoms with Gasteiger partial charge in [-0.3, -0.25) is 4.79 Å². The quantitative estimate of drug-likeness (QED) is 0.602. The van der Waals surface area contributed by atoms with E-state index in [1.54, 1.807) is 23.9 Å². The average Bonchev–Trinajstić information content (AvgIpc) is 2.41. The molecule has 3 heteroatoms. The van der Waals surface area contributed by atoms with Gasteiger partial charge in [0.25, 0.3) is 0 Å². The number of rotatable bonds is 3. The van der Waals surface area contributed by atoms with Crippen molar-refractivity contribution in [1.82, 2.24) is 0 Å². The van der Waals surface area contributed by atoms with Crippen molar-refractivity contribution in [2.24, 2.45) is 0 Å². The second-order valence-electron chi connectivity index (χ2n) is 3.97. The Balaban J connectivity index is 2.38. The molecule has 0 heterocycles. The molecule has 2 aromatic rings. The van der Waals surface area contributed by atoms with Gasteiger partial charge in [0, 0.05) is 21.0 Å². The molecular weight excluding hydrogens is 264 g/mol. The molecule has 0 aliphatic carbocycles. The fraction of sp³-hybridized carbons (Fsp3) is 0.133. The van der Waals surface area contributed by atoms with Gasteiger partial charge in [-0.15, -0.1) is 11.8 Å². The van der Waals surface area contributed by atoms with Crippen LogP contribution in [-0.4, -0.2) is 12.0 Å². The Morgan fingerprint density at radius 2 is 1.78 bits per heavy atom. The van der Waals surface area contributed by atoms with Crippen LogP contribution in [-0.2, 0) is 0 Å². The van der Waals surface area contributed by atoms with Crippen molar-refractivity contribution in [2.75, 3.05) is 6.26 Å². The molecule has 0 amide bonds. The van der Waals surface area contributed by atoms with Crippen LogP contribution in [0.1, 0.15) is 21.5 Å². The van der Waals surface area contributed by atoms with E-state index in [1.807, 2.05) is 43.5 Å². The summed E-state index contributed by atoms with van der Waals surface area (Å²) in [6.07, 6.45) is 2.01. The minimum atomic E-state index is 0.0163. The second kappa shape index (κ2) is 5.59. The molecule has 0 aliphatic rings. The van der Waals surface area contributed by atoms with Crippen molar-refractivity contribution in [3.63, 3.8) is 0 Å². The van der Waals surface area contributed by atoms with Crippen molar-refractivity contribution in [1.29, 1.82) is 0 Å². The van der Waals surface area contributed by atoms with Crippen LogP contribution in [0.5, 0.6) is 0 Å². The zero-order valence-corrected chi connectivity index (χ0v) is 11.8. The van der Waals surface area contributed by atoms with Crippen LogP contribution in [0.2, 0.25) is 5.02 Å². The van der Waals surface area contributed by atoms with Gasteiger partial charge in [-0.1, -0.05) is 23.7 Å². The van der Waals surface area contributed by atoms with E-state index in [-0.39, 0.29) is 5.78 Å². The van der Waals surface area contributed by atoms with Crippen LogP contribution in [0.15, 0.2) is 47.4 Å². The van der Waals surface area contributed by atoms with Crippen LogP contribution in [0.25, 0.3) is 0 Å². The number of ketones is 1. The zero-order valence-electron chi connectivity index (χ0n) is 10.2. The molecule has 0 bridgehead atoms. The van der Waals surface area contributed by atoms with Crippen molar-refractivity contribution in [3.05, 3.63) is 64.2 Å². The Labute approximate surface area is 116 Å². The zero-order chi connectivity index (χ0) is 13.1. The summed E-state index contributed by atoms with van der Waals surface area (Å²) < 4.78 is 0. The number of thioether (sulfide) groups is 1. The first-order chi connectivity index (χ1) is 8.63. The van der Waals surface area contributed by atoms with Gasteiger partial charge in [0.1, 0.15) is 0 Å². The lowest BCUT2D eigenvalue weighted by Gasteiger charge is -2.07. The van der Waals surface area contributed by atoms with E-state index in [4.69, 9.17) is 11.6 Å². The molecule has 2 aromatic carbocycles. The summed E-state index contributed by atoms with van der Waals surface area (Å²) in [5.41, 5.74) is 2.19. The highest BCUT2D eigenvalue weighted by Gasteiger charge is 2.12. The van der Waals surface area contributed by atoms with E-state index >= 15 is 0 Å². The third kappa shape index (κ3) is 2.60. The lowest BCUT2D eigenvalue weighted by atomic mass is 9.99. The van der Waals surface area contributed by atoms with E-state index in [1.165, 1.54) is 0 Å². The summed E-state index contributed by atoms with van der Waals surface area (Å²) in [5.74, 6) is 0.0163. The molecule has 0 radical (unpaired) electrons. The van der Waals surface area contributed by atoms with Crippen LogP contribution in [0, 0.1) is 6.92 Å². The van der Waals surface area contributed by atoms with Crippen molar-refractivity contribution in [2.45, 2.75) is 11.8 Å². The second-order valence-corrected chi connectivity index (χ2v) is 5.26. The average molecular weight is 277 g/mol. The fourth-order valence-electron chi connectivity index (χ4n) is 1.75. The first-order valence-electron chi connectivity index (χ1n) is 5.57. The van der Waals surface area contributed by atoms with Gasteiger partial charge in [0.15, 0.2) is 5.78 Å². The van der Waals surface area contributed by atoms with Gasteiger partial charge < -0.3 is 0 Å². The lowest BCUT2D eigenvalue weighted by molar-refractivity contribution is 0.103. The summed E-state index contributed by atoms with van der Waals surface area (Å²) in [7, 11) is 0. The number of halogens is 1. The minimum Gasteiger partial charge on any atom is -0.289 e. The molecule has 0 atom stereocenters. The Morgan fingerprint density at radius 1 is 1.11 bits per heavy atom. The maximum absolute atomic E-state index is 12.4. The Kier molecular flexibility index (Phi) is 4.10. The van der Waals surface area contributed by atoms with Crippen LogP contribution in [0.3, 0.4) is 0 Å². The van der Waals surface area contributed by atoms with Gasteiger partial charge in [-0.05, 0) is 49.1 Å². The SMILES string of the molecule is CSc1ccc(C(=O)c2cccc(Cl)c2C)cc1. The first kappa shape index (κ1) is 13.2. The van der Waals surface area contributed by atoms with Crippen LogP contribution in [0.4, 0.5) is 0 Å². The Morgan fingerprint density at radius 3 is 2.39 bits per heavy atom. The first-order valence-corrected chi connectivity index (χ1v) is 7.17. The van der Waals surface area contributed by atoms with Gasteiger partial charge in [0.2, 0.25) is 0 Å². The highest BCUT2D eigenvalue weighted by Crippen LogP contribution is 2.22. The van der Waals surface area contributed by atoms with Crippen molar-refractivity contribution in [3.8, 4) is 0 Å². The molecule has 92 valence electrons. The maximum atomic E-state index is 12.4. The van der Waals surface area contributed by atoms with Crippen molar-refractivity contribution < 1.29 is 4.79 Å². The van der Waals surface area contributed by atoms with Gasteiger partial charge in [-0.25, -0.2) is 0 Å². The van der Waals surface area contributed by atoms with E-state index < -0.39 is 0 Å². The molecule has 0 unspecified atom stereocenters. The smallest absolute Gasteiger partial charge is 0.193 e. The molecular formula is C15H13ClOS. The molecule has 18 heavy (non-hydrogen) atoms. The largest absolute Gasteiger partial charge is 0.289 e. The lowest BCUT2D eigenvalue weighted by Crippen LogP contribution is -2.03. The fourth-order valence-corrected chi connectivity index (χ4v) is 2.33. The third-order valence-electron chi connectivity index (χ3n) is 2.86. The molecule has 0 fully saturated rings. The summed E-state index contributed by atoms with van der Waals surface area (Å²) >= 11 is 7.70. The molecule has 1 nitrogen and oxygen atoms in total. The number of carbonyl (C=O) groups excluding carboxylic acids is 1.